The lowest BCUT2D eigenvalue weighted by molar-refractivity contribution is 0.0445. The number of aliphatic hydroxyl groups is 1. The van der Waals surface area contributed by atoms with Gasteiger partial charge in [0.15, 0.2) is 0 Å². The number of aliphatic hydroxyl groups excluding tert-OH is 1. The van der Waals surface area contributed by atoms with E-state index in [9.17, 15) is 5.11 Å². The molecule has 1 saturated heterocycles. The van der Waals surface area contributed by atoms with Crippen molar-refractivity contribution in [3.05, 3.63) is 95.3 Å². The number of benzene rings is 2. The van der Waals surface area contributed by atoms with Gasteiger partial charge in [-0.25, -0.2) is 0 Å². The molecule has 0 bridgehead atoms. The molecule has 2 fully saturated rings. The fraction of sp³-hybridized carbons (Fsp3) is 0.424. The van der Waals surface area contributed by atoms with Crippen LogP contribution in [0.15, 0.2) is 73.1 Å². The number of rotatable bonds is 10. The summed E-state index contributed by atoms with van der Waals surface area (Å²) in [6.07, 6.45) is 14.0. The maximum Gasteiger partial charge on any atom is 0.126 e. The Morgan fingerprint density at radius 2 is 1.63 bits per heavy atom. The third-order valence-electron chi connectivity index (χ3n) is 7.92. The summed E-state index contributed by atoms with van der Waals surface area (Å²) < 4.78 is 6.05. The molecule has 1 aromatic heterocycles. The number of pyridine rings is 1. The fourth-order valence-electron chi connectivity index (χ4n) is 5.81. The summed E-state index contributed by atoms with van der Waals surface area (Å²) in [5.74, 6) is 1.53. The molecule has 2 aromatic carbocycles. The van der Waals surface area contributed by atoms with E-state index >= 15 is 0 Å². The van der Waals surface area contributed by atoms with Gasteiger partial charge in [0, 0.05) is 57.2 Å². The Morgan fingerprint density at radius 1 is 0.868 bits per heavy atom. The quantitative estimate of drug-likeness (QED) is 0.370. The molecule has 0 amide bonds. The predicted molar refractivity (Wildman–Crippen MR) is 155 cm³/mol. The van der Waals surface area contributed by atoms with E-state index in [1.807, 2.05) is 54.7 Å². The fourth-order valence-corrected chi connectivity index (χ4v) is 5.81. The van der Waals surface area contributed by atoms with Gasteiger partial charge < -0.3 is 9.84 Å². The Kier molecular flexibility index (Phi) is 9.59. The molecule has 38 heavy (non-hydrogen) atoms. The molecule has 1 aliphatic carbocycles. The first-order chi connectivity index (χ1) is 18.7. The standard InChI is InChI=1S/C33H41N3O2/c37-31(26-38-33-15-7-5-12-29(33)17-16-27-9-8-18-34-23-27)25-36-21-19-35(20-22-36)24-30-13-4-6-14-32(30)28-10-2-1-3-11-28/h4-9,12-18,23,28,31,37H,1-3,10-11,19-22,24-26H2/b17-16+. The molecule has 2 aliphatic rings. The third kappa shape index (κ3) is 7.53. The number of hydrogen-bond acceptors (Lipinski definition) is 5. The van der Waals surface area contributed by atoms with Gasteiger partial charge >= 0.3 is 0 Å². The molecule has 0 spiro atoms. The van der Waals surface area contributed by atoms with Crippen LogP contribution in [0.2, 0.25) is 0 Å². The average Bonchev–Trinajstić information content (AvgIpc) is 2.98. The van der Waals surface area contributed by atoms with Gasteiger partial charge in [0.1, 0.15) is 18.5 Å². The Labute approximate surface area is 227 Å². The van der Waals surface area contributed by atoms with Crippen molar-refractivity contribution < 1.29 is 9.84 Å². The normalized spacial score (nSPS) is 18.6. The second-order valence-electron chi connectivity index (χ2n) is 10.7. The van der Waals surface area contributed by atoms with Crippen molar-refractivity contribution in [2.45, 2.75) is 50.7 Å². The molecule has 1 atom stereocenters. The second-order valence-corrected chi connectivity index (χ2v) is 10.7. The van der Waals surface area contributed by atoms with Crippen LogP contribution in [0.1, 0.15) is 60.3 Å². The molecule has 0 radical (unpaired) electrons. The highest BCUT2D eigenvalue weighted by atomic mass is 16.5. The number of piperazine rings is 1. The van der Waals surface area contributed by atoms with E-state index in [2.05, 4.69) is 39.0 Å². The lowest BCUT2D eigenvalue weighted by atomic mass is 9.82. The summed E-state index contributed by atoms with van der Waals surface area (Å²) in [6, 6.07) is 21.0. The van der Waals surface area contributed by atoms with Crippen LogP contribution in [0.4, 0.5) is 0 Å². The maximum atomic E-state index is 10.7. The monoisotopic (exact) mass is 511 g/mol. The van der Waals surface area contributed by atoms with Crippen molar-refractivity contribution in [3.8, 4) is 5.75 Å². The van der Waals surface area contributed by atoms with Crippen LogP contribution in [0.25, 0.3) is 12.2 Å². The molecule has 1 N–H and O–H groups in total. The number of nitrogens with zero attached hydrogens (tertiary/aromatic N) is 3. The molecule has 1 unspecified atom stereocenters. The van der Waals surface area contributed by atoms with Gasteiger partial charge in [-0.15, -0.1) is 0 Å². The van der Waals surface area contributed by atoms with Crippen molar-refractivity contribution in [1.29, 1.82) is 0 Å². The van der Waals surface area contributed by atoms with Crippen molar-refractivity contribution in [1.82, 2.24) is 14.8 Å². The number of ether oxygens (including phenoxy) is 1. The van der Waals surface area contributed by atoms with Crippen LogP contribution in [0.3, 0.4) is 0 Å². The lowest BCUT2D eigenvalue weighted by Crippen LogP contribution is -2.48. The molecule has 3 aromatic rings. The largest absolute Gasteiger partial charge is 0.490 e. The van der Waals surface area contributed by atoms with E-state index in [1.165, 1.54) is 37.7 Å². The van der Waals surface area contributed by atoms with Crippen molar-refractivity contribution in [3.63, 3.8) is 0 Å². The van der Waals surface area contributed by atoms with Gasteiger partial charge in [0.2, 0.25) is 0 Å². The zero-order chi connectivity index (χ0) is 26.0. The van der Waals surface area contributed by atoms with Crippen LogP contribution in [-0.4, -0.2) is 65.3 Å². The first-order valence-corrected chi connectivity index (χ1v) is 14.2. The summed E-state index contributed by atoms with van der Waals surface area (Å²) in [7, 11) is 0. The molecule has 200 valence electrons. The van der Waals surface area contributed by atoms with Crippen LogP contribution < -0.4 is 4.74 Å². The van der Waals surface area contributed by atoms with Gasteiger partial charge in [0.05, 0.1) is 0 Å². The Bertz CT molecular complexity index is 1150. The molecule has 2 heterocycles. The van der Waals surface area contributed by atoms with E-state index in [4.69, 9.17) is 4.74 Å². The van der Waals surface area contributed by atoms with E-state index in [-0.39, 0.29) is 6.61 Å². The molecule has 1 aliphatic heterocycles. The van der Waals surface area contributed by atoms with E-state index in [1.54, 1.807) is 11.8 Å². The SMILES string of the molecule is OC(COc1ccccc1/C=C/c1cccnc1)CN1CCN(Cc2ccccc2C2CCCCC2)CC1. The Hall–Kier alpha value is -2.99. The molecular weight excluding hydrogens is 470 g/mol. The smallest absolute Gasteiger partial charge is 0.126 e. The summed E-state index contributed by atoms with van der Waals surface area (Å²) in [5, 5.41) is 10.7. The number of hydrogen-bond donors (Lipinski definition) is 1. The van der Waals surface area contributed by atoms with Gasteiger partial charge in [-0.1, -0.05) is 79.9 Å². The van der Waals surface area contributed by atoms with Crippen LogP contribution in [0, 0.1) is 0 Å². The minimum Gasteiger partial charge on any atom is -0.490 e. The lowest BCUT2D eigenvalue weighted by Gasteiger charge is -2.36. The van der Waals surface area contributed by atoms with Crippen LogP contribution >= 0.6 is 0 Å². The summed E-state index contributed by atoms with van der Waals surface area (Å²) in [4.78, 5) is 9.10. The predicted octanol–water partition coefficient (Wildman–Crippen LogP) is 5.86. The Balaban J connectivity index is 1.08. The summed E-state index contributed by atoms with van der Waals surface area (Å²) in [5.41, 5.74) is 5.12. The highest BCUT2D eigenvalue weighted by molar-refractivity contribution is 5.72. The van der Waals surface area contributed by atoms with Gasteiger partial charge in [0.25, 0.3) is 0 Å². The zero-order valence-electron chi connectivity index (χ0n) is 22.4. The summed E-state index contributed by atoms with van der Waals surface area (Å²) >= 11 is 0. The topological polar surface area (TPSA) is 48.8 Å². The summed E-state index contributed by atoms with van der Waals surface area (Å²) in [6.45, 7) is 5.99. The van der Waals surface area contributed by atoms with E-state index in [0.29, 0.717) is 6.54 Å². The highest BCUT2D eigenvalue weighted by Crippen LogP contribution is 2.34. The van der Waals surface area contributed by atoms with Crippen LogP contribution in [0.5, 0.6) is 5.75 Å². The first kappa shape index (κ1) is 26.6. The number of β-amino-alcohol motifs (C(OH)–C–C–N with tert-alkyl or cyclic N) is 1. The highest BCUT2D eigenvalue weighted by Gasteiger charge is 2.22. The van der Waals surface area contributed by atoms with Crippen LogP contribution in [-0.2, 0) is 6.54 Å². The first-order valence-electron chi connectivity index (χ1n) is 14.2. The molecule has 1 saturated carbocycles. The maximum absolute atomic E-state index is 10.7. The van der Waals surface area contributed by atoms with Gasteiger partial charge in [-0.05, 0) is 47.6 Å². The molecular formula is C33H41N3O2. The molecule has 5 nitrogen and oxygen atoms in total. The minimum absolute atomic E-state index is 0.284. The molecule has 5 heteroatoms. The molecule has 5 rings (SSSR count). The van der Waals surface area contributed by atoms with Gasteiger partial charge in [-0.2, -0.15) is 0 Å². The number of aromatic nitrogens is 1. The Morgan fingerprint density at radius 3 is 2.45 bits per heavy atom. The second kappa shape index (κ2) is 13.7. The van der Waals surface area contributed by atoms with E-state index < -0.39 is 6.10 Å². The van der Waals surface area contributed by atoms with E-state index in [0.717, 1.165) is 55.5 Å². The zero-order valence-corrected chi connectivity index (χ0v) is 22.4. The van der Waals surface area contributed by atoms with Crippen molar-refractivity contribution in [2.75, 3.05) is 39.3 Å². The minimum atomic E-state index is -0.524. The number of para-hydroxylation sites is 1. The van der Waals surface area contributed by atoms with Crippen molar-refractivity contribution in [2.24, 2.45) is 0 Å². The van der Waals surface area contributed by atoms with Crippen molar-refractivity contribution >= 4 is 12.2 Å². The average molecular weight is 512 g/mol. The van der Waals surface area contributed by atoms with Gasteiger partial charge in [-0.3, -0.25) is 14.8 Å². The third-order valence-corrected chi connectivity index (χ3v) is 7.92.